The van der Waals surface area contributed by atoms with Gasteiger partial charge in [0.05, 0.1) is 5.56 Å². The van der Waals surface area contributed by atoms with Crippen LogP contribution in [0, 0.1) is 0 Å². The number of rotatable bonds is 5. The maximum absolute atomic E-state index is 12.2. The zero-order valence-corrected chi connectivity index (χ0v) is 13.8. The van der Waals surface area contributed by atoms with Gasteiger partial charge >= 0.3 is 5.97 Å². The Balaban J connectivity index is 1.92. The van der Waals surface area contributed by atoms with Crippen LogP contribution in [0.4, 0.5) is 0 Å². The van der Waals surface area contributed by atoms with Gasteiger partial charge in [0.25, 0.3) is 5.91 Å². The number of amides is 2. The number of esters is 1. The minimum absolute atomic E-state index is 0.382. The molecule has 1 fully saturated rings. The van der Waals surface area contributed by atoms with Crippen LogP contribution in [0.2, 0.25) is 0 Å². The second-order valence-electron chi connectivity index (χ2n) is 5.31. The maximum atomic E-state index is 12.2. The number of piperidine rings is 1. The highest BCUT2D eigenvalue weighted by molar-refractivity contribution is 7.98. The van der Waals surface area contributed by atoms with Crippen molar-refractivity contribution in [2.45, 2.75) is 30.2 Å². The van der Waals surface area contributed by atoms with E-state index in [0.29, 0.717) is 18.5 Å². The van der Waals surface area contributed by atoms with E-state index in [0.717, 1.165) is 17.7 Å². The van der Waals surface area contributed by atoms with E-state index >= 15 is 0 Å². The molecular weight excluding hydrogens is 316 g/mol. The van der Waals surface area contributed by atoms with Gasteiger partial charge in [-0.25, -0.2) is 4.79 Å². The summed E-state index contributed by atoms with van der Waals surface area (Å²) in [5.74, 6) is -1.46. The largest absolute Gasteiger partial charge is 0.452 e. The van der Waals surface area contributed by atoms with E-state index in [1.807, 2.05) is 18.4 Å². The number of carbonyl (C=O) groups is 3. The molecule has 2 amide bonds. The third-order valence-electron chi connectivity index (χ3n) is 3.80. The Morgan fingerprint density at radius 3 is 2.57 bits per heavy atom. The Bertz CT molecular complexity index is 588. The van der Waals surface area contributed by atoms with Crippen LogP contribution in [0.3, 0.4) is 0 Å². The molecule has 1 aliphatic heterocycles. The van der Waals surface area contributed by atoms with Crippen LogP contribution in [0.5, 0.6) is 0 Å². The van der Waals surface area contributed by atoms with Gasteiger partial charge in [0.15, 0.2) is 6.61 Å². The SMILES string of the molecule is CSc1ccc(C(=O)OCC(=O)N2CCCC[C@H]2C(N)=O)cc1. The third-order valence-corrected chi connectivity index (χ3v) is 4.55. The molecule has 23 heavy (non-hydrogen) atoms. The van der Waals surface area contributed by atoms with Crippen molar-refractivity contribution in [1.82, 2.24) is 4.90 Å². The van der Waals surface area contributed by atoms with Crippen molar-refractivity contribution < 1.29 is 19.1 Å². The van der Waals surface area contributed by atoms with Crippen molar-refractivity contribution in [1.29, 1.82) is 0 Å². The van der Waals surface area contributed by atoms with Crippen molar-refractivity contribution in [3.8, 4) is 0 Å². The summed E-state index contributed by atoms with van der Waals surface area (Å²) in [7, 11) is 0. The molecule has 7 heteroatoms. The van der Waals surface area contributed by atoms with E-state index in [1.54, 1.807) is 23.9 Å². The summed E-state index contributed by atoms with van der Waals surface area (Å²) in [4.78, 5) is 38.0. The summed E-state index contributed by atoms with van der Waals surface area (Å²) in [6.45, 7) is 0.0826. The lowest BCUT2D eigenvalue weighted by molar-refractivity contribution is -0.143. The minimum atomic E-state index is -0.601. The van der Waals surface area contributed by atoms with E-state index in [-0.39, 0.29) is 12.5 Å². The quantitative estimate of drug-likeness (QED) is 0.649. The Hall–Kier alpha value is -2.02. The number of ether oxygens (including phenoxy) is 1. The molecule has 2 N–H and O–H groups in total. The molecule has 0 radical (unpaired) electrons. The zero-order chi connectivity index (χ0) is 16.8. The molecule has 124 valence electrons. The molecule has 0 spiro atoms. The Kier molecular flexibility index (Phi) is 6.04. The average molecular weight is 336 g/mol. The van der Waals surface area contributed by atoms with Crippen LogP contribution < -0.4 is 5.73 Å². The second kappa shape index (κ2) is 8.01. The molecule has 0 saturated carbocycles. The fraction of sp³-hybridized carbons (Fsp3) is 0.438. The molecule has 0 bridgehead atoms. The molecule has 0 unspecified atom stereocenters. The number of primary amides is 1. The van der Waals surface area contributed by atoms with Crippen LogP contribution >= 0.6 is 11.8 Å². The van der Waals surface area contributed by atoms with Gasteiger partial charge in [-0.3, -0.25) is 9.59 Å². The number of likely N-dealkylation sites (tertiary alicyclic amines) is 1. The van der Waals surface area contributed by atoms with Crippen LogP contribution in [0.1, 0.15) is 29.6 Å². The van der Waals surface area contributed by atoms with Gasteiger partial charge in [-0.1, -0.05) is 0 Å². The smallest absolute Gasteiger partial charge is 0.338 e. The van der Waals surface area contributed by atoms with Crippen LogP contribution in [0.25, 0.3) is 0 Å². The van der Waals surface area contributed by atoms with Crippen molar-refractivity contribution in [2.24, 2.45) is 5.73 Å². The van der Waals surface area contributed by atoms with Crippen molar-refractivity contribution in [2.75, 3.05) is 19.4 Å². The predicted molar refractivity (Wildman–Crippen MR) is 87.1 cm³/mol. The molecule has 1 heterocycles. The van der Waals surface area contributed by atoms with Gasteiger partial charge in [0.1, 0.15) is 6.04 Å². The monoisotopic (exact) mass is 336 g/mol. The fourth-order valence-electron chi connectivity index (χ4n) is 2.55. The number of carbonyl (C=O) groups excluding carboxylic acids is 3. The van der Waals surface area contributed by atoms with Crippen molar-refractivity contribution in [3.05, 3.63) is 29.8 Å². The molecule has 6 nitrogen and oxygen atoms in total. The number of nitrogens with two attached hydrogens (primary N) is 1. The zero-order valence-electron chi connectivity index (χ0n) is 13.0. The normalized spacial score (nSPS) is 17.6. The second-order valence-corrected chi connectivity index (χ2v) is 6.19. The predicted octanol–water partition coefficient (Wildman–Crippen LogP) is 1.43. The summed E-state index contributed by atoms with van der Waals surface area (Å²) in [5.41, 5.74) is 5.72. The maximum Gasteiger partial charge on any atom is 0.338 e. The summed E-state index contributed by atoms with van der Waals surface area (Å²) in [5, 5.41) is 0. The van der Waals surface area contributed by atoms with Crippen LogP contribution in [-0.4, -0.2) is 48.1 Å². The molecule has 1 aromatic carbocycles. The van der Waals surface area contributed by atoms with Crippen molar-refractivity contribution in [3.63, 3.8) is 0 Å². The molecule has 1 aromatic rings. The van der Waals surface area contributed by atoms with Crippen LogP contribution in [-0.2, 0) is 14.3 Å². The van der Waals surface area contributed by atoms with Gasteiger partial charge < -0.3 is 15.4 Å². The highest BCUT2D eigenvalue weighted by Crippen LogP contribution is 2.18. The number of hydrogen-bond donors (Lipinski definition) is 1. The highest BCUT2D eigenvalue weighted by atomic mass is 32.2. The standard InChI is InChI=1S/C16H20N2O4S/c1-23-12-7-5-11(6-8-12)16(21)22-10-14(19)18-9-3-2-4-13(18)15(17)20/h5-8,13H,2-4,9-10H2,1H3,(H2,17,20)/t13-/m0/s1. The Morgan fingerprint density at radius 1 is 1.26 bits per heavy atom. The summed E-state index contributed by atoms with van der Waals surface area (Å²) in [6.07, 6.45) is 4.18. The van der Waals surface area contributed by atoms with Gasteiger partial charge in [0, 0.05) is 11.4 Å². The van der Waals surface area contributed by atoms with Gasteiger partial charge in [-0.05, 0) is 49.8 Å². The van der Waals surface area contributed by atoms with Gasteiger partial charge in [-0.2, -0.15) is 0 Å². The van der Waals surface area contributed by atoms with E-state index in [2.05, 4.69) is 0 Å². The molecule has 1 atom stereocenters. The Labute approximate surface area is 139 Å². The first-order valence-electron chi connectivity index (χ1n) is 7.43. The summed E-state index contributed by atoms with van der Waals surface area (Å²) >= 11 is 1.57. The summed E-state index contributed by atoms with van der Waals surface area (Å²) in [6, 6.07) is 6.35. The fourth-order valence-corrected chi connectivity index (χ4v) is 2.95. The molecule has 0 aliphatic carbocycles. The highest BCUT2D eigenvalue weighted by Gasteiger charge is 2.31. The van der Waals surface area contributed by atoms with Crippen LogP contribution in [0.15, 0.2) is 29.2 Å². The van der Waals surface area contributed by atoms with Gasteiger partial charge in [0.2, 0.25) is 5.91 Å². The first kappa shape index (κ1) is 17.3. The molecular formula is C16H20N2O4S. The molecule has 1 aliphatic rings. The first-order valence-corrected chi connectivity index (χ1v) is 8.65. The van der Waals surface area contributed by atoms with E-state index in [1.165, 1.54) is 4.90 Å². The first-order chi connectivity index (χ1) is 11.0. The number of nitrogens with zero attached hydrogens (tertiary/aromatic N) is 1. The lowest BCUT2D eigenvalue weighted by Gasteiger charge is -2.33. The van der Waals surface area contributed by atoms with E-state index in [4.69, 9.17) is 10.5 Å². The Morgan fingerprint density at radius 2 is 1.96 bits per heavy atom. The van der Waals surface area contributed by atoms with Crippen molar-refractivity contribution >= 4 is 29.5 Å². The molecule has 0 aromatic heterocycles. The third kappa shape index (κ3) is 4.48. The molecule has 1 saturated heterocycles. The van der Waals surface area contributed by atoms with Gasteiger partial charge in [-0.15, -0.1) is 11.8 Å². The van der Waals surface area contributed by atoms with E-state index < -0.39 is 17.9 Å². The topological polar surface area (TPSA) is 89.7 Å². The van der Waals surface area contributed by atoms with E-state index in [9.17, 15) is 14.4 Å². The number of hydrogen-bond acceptors (Lipinski definition) is 5. The number of thioether (sulfide) groups is 1. The average Bonchev–Trinajstić information content (AvgIpc) is 2.59. The lowest BCUT2D eigenvalue weighted by Crippen LogP contribution is -2.51. The number of benzene rings is 1. The summed E-state index contributed by atoms with van der Waals surface area (Å²) < 4.78 is 5.06. The minimum Gasteiger partial charge on any atom is -0.452 e. The lowest BCUT2D eigenvalue weighted by atomic mass is 10.0. The molecule has 2 rings (SSSR count).